The van der Waals surface area contributed by atoms with Crippen molar-refractivity contribution < 1.29 is 0 Å². The molecule has 94 valence electrons. The highest BCUT2D eigenvalue weighted by Crippen LogP contribution is 2.28. The first-order chi connectivity index (χ1) is 9.31. The number of nitrogens with two attached hydrogens (primary N) is 1. The standard InChI is InChI=1S/C13H12N6/c14-11-10-13(17-6-16-11)19-12(18-10)8-2-1-7-3-4-15-9(7)5-8/h1-2,5-6,15H,3-4H2,(H3,14,16,17,18,19). The van der Waals surface area contributed by atoms with E-state index in [1.807, 2.05) is 0 Å². The third-order valence-electron chi connectivity index (χ3n) is 3.41. The van der Waals surface area contributed by atoms with Crippen LogP contribution < -0.4 is 11.1 Å². The summed E-state index contributed by atoms with van der Waals surface area (Å²) >= 11 is 0. The van der Waals surface area contributed by atoms with Crippen LogP contribution in [0.15, 0.2) is 24.5 Å². The number of fused-ring (bicyclic) bond motifs is 2. The number of aromatic amines is 1. The second-order valence-corrected chi connectivity index (χ2v) is 4.59. The summed E-state index contributed by atoms with van der Waals surface area (Å²) in [4.78, 5) is 15.7. The molecule has 6 nitrogen and oxygen atoms in total. The van der Waals surface area contributed by atoms with E-state index < -0.39 is 0 Å². The van der Waals surface area contributed by atoms with E-state index in [0.717, 1.165) is 24.4 Å². The largest absolute Gasteiger partial charge is 0.384 e. The fraction of sp³-hybridized carbons (Fsp3) is 0.154. The van der Waals surface area contributed by atoms with Crippen LogP contribution in [0.5, 0.6) is 0 Å². The number of imidazole rings is 1. The van der Waals surface area contributed by atoms with Crippen LogP contribution in [0.1, 0.15) is 5.56 Å². The summed E-state index contributed by atoms with van der Waals surface area (Å²) in [6, 6.07) is 6.30. The Balaban J connectivity index is 1.88. The Morgan fingerprint density at radius 1 is 1.21 bits per heavy atom. The summed E-state index contributed by atoms with van der Waals surface area (Å²) in [5.41, 5.74) is 10.6. The van der Waals surface area contributed by atoms with Crippen molar-refractivity contribution in [3.8, 4) is 11.4 Å². The first kappa shape index (κ1) is 10.3. The quantitative estimate of drug-likeness (QED) is 0.611. The summed E-state index contributed by atoms with van der Waals surface area (Å²) < 4.78 is 0. The summed E-state index contributed by atoms with van der Waals surface area (Å²) in [5, 5.41) is 3.36. The lowest BCUT2D eigenvalue weighted by atomic mass is 10.1. The van der Waals surface area contributed by atoms with Crippen LogP contribution >= 0.6 is 0 Å². The van der Waals surface area contributed by atoms with Gasteiger partial charge in [-0.1, -0.05) is 12.1 Å². The lowest BCUT2D eigenvalue weighted by molar-refractivity contribution is 1.11. The topological polar surface area (TPSA) is 92.5 Å². The van der Waals surface area contributed by atoms with Gasteiger partial charge >= 0.3 is 0 Å². The van der Waals surface area contributed by atoms with Crippen LogP contribution in [-0.4, -0.2) is 26.5 Å². The average Bonchev–Trinajstić information content (AvgIpc) is 3.04. The van der Waals surface area contributed by atoms with Crippen molar-refractivity contribution in [1.82, 2.24) is 19.9 Å². The fourth-order valence-electron chi connectivity index (χ4n) is 2.42. The Bertz CT molecular complexity index is 776. The highest BCUT2D eigenvalue weighted by molar-refractivity contribution is 5.84. The van der Waals surface area contributed by atoms with Gasteiger partial charge < -0.3 is 16.0 Å². The molecule has 0 bridgehead atoms. The first-order valence-electron chi connectivity index (χ1n) is 6.14. The SMILES string of the molecule is Nc1ncnc2nc(-c3ccc4c(c3)NCC4)[nH]c12. The predicted molar refractivity (Wildman–Crippen MR) is 73.7 cm³/mol. The molecule has 4 N–H and O–H groups in total. The van der Waals surface area contributed by atoms with Gasteiger partial charge in [-0.15, -0.1) is 0 Å². The Morgan fingerprint density at radius 2 is 2.16 bits per heavy atom. The smallest absolute Gasteiger partial charge is 0.183 e. The number of H-pyrrole nitrogens is 1. The molecular formula is C13H12N6. The van der Waals surface area contributed by atoms with Gasteiger partial charge in [-0.25, -0.2) is 15.0 Å². The zero-order valence-electron chi connectivity index (χ0n) is 10.1. The minimum atomic E-state index is 0.419. The lowest BCUT2D eigenvalue weighted by Crippen LogP contribution is -1.92. The van der Waals surface area contributed by atoms with Gasteiger partial charge in [0.15, 0.2) is 11.5 Å². The van der Waals surface area contributed by atoms with Gasteiger partial charge in [0, 0.05) is 17.8 Å². The molecule has 0 unspecified atom stereocenters. The third-order valence-corrected chi connectivity index (χ3v) is 3.41. The van der Waals surface area contributed by atoms with E-state index in [1.54, 1.807) is 0 Å². The molecular weight excluding hydrogens is 240 g/mol. The summed E-state index contributed by atoms with van der Waals surface area (Å²) in [6.45, 7) is 0.997. The van der Waals surface area contributed by atoms with Gasteiger partial charge in [-0.2, -0.15) is 0 Å². The van der Waals surface area contributed by atoms with Gasteiger partial charge in [-0.05, 0) is 18.1 Å². The zero-order valence-corrected chi connectivity index (χ0v) is 10.1. The van der Waals surface area contributed by atoms with Crippen LogP contribution in [0.4, 0.5) is 11.5 Å². The molecule has 4 rings (SSSR count). The van der Waals surface area contributed by atoms with Crippen molar-refractivity contribution >= 4 is 22.7 Å². The molecule has 19 heavy (non-hydrogen) atoms. The van der Waals surface area contributed by atoms with Crippen molar-refractivity contribution in [1.29, 1.82) is 0 Å². The molecule has 6 heteroatoms. The molecule has 0 spiro atoms. The Morgan fingerprint density at radius 3 is 3.05 bits per heavy atom. The van der Waals surface area contributed by atoms with Crippen LogP contribution in [0.25, 0.3) is 22.6 Å². The Kier molecular flexibility index (Phi) is 2.00. The van der Waals surface area contributed by atoms with Gasteiger partial charge in [0.25, 0.3) is 0 Å². The molecule has 1 aliphatic rings. The molecule has 0 saturated heterocycles. The zero-order chi connectivity index (χ0) is 12.8. The number of anilines is 2. The van der Waals surface area contributed by atoms with E-state index in [0.29, 0.717) is 17.0 Å². The molecule has 0 fully saturated rings. The molecule has 3 aromatic rings. The van der Waals surface area contributed by atoms with Crippen LogP contribution in [0, 0.1) is 0 Å². The maximum Gasteiger partial charge on any atom is 0.183 e. The highest BCUT2D eigenvalue weighted by atomic mass is 15.0. The van der Waals surface area contributed by atoms with Crippen molar-refractivity contribution in [2.45, 2.75) is 6.42 Å². The second-order valence-electron chi connectivity index (χ2n) is 4.59. The number of benzene rings is 1. The highest BCUT2D eigenvalue weighted by Gasteiger charge is 2.13. The minimum absolute atomic E-state index is 0.419. The van der Waals surface area contributed by atoms with E-state index in [-0.39, 0.29) is 0 Å². The normalized spacial score (nSPS) is 13.5. The van der Waals surface area contributed by atoms with E-state index in [4.69, 9.17) is 5.73 Å². The number of nitrogens with one attached hydrogen (secondary N) is 2. The first-order valence-corrected chi connectivity index (χ1v) is 6.14. The molecule has 0 amide bonds. The maximum absolute atomic E-state index is 5.80. The van der Waals surface area contributed by atoms with Crippen LogP contribution in [-0.2, 0) is 6.42 Å². The number of aromatic nitrogens is 4. The lowest BCUT2D eigenvalue weighted by Gasteiger charge is -2.02. The van der Waals surface area contributed by atoms with Crippen molar-refractivity contribution in [3.63, 3.8) is 0 Å². The van der Waals surface area contributed by atoms with Gasteiger partial charge in [0.05, 0.1) is 0 Å². The molecule has 0 radical (unpaired) electrons. The molecule has 0 aliphatic carbocycles. The molecule has 1 aliphatic heterocycles. The van der Waals surface area contributed by atoms with Gasteiger partial charge in [0.2, 0.25) is 0 Å². The molecule has 0 atom stereocenters. The van der Waals surface area contributed by atoms with E-state index in [2.05, 4.69) is 43.5 Å². The monoisotopic (exact) mass is 252 g/mol. The van der Waals surface area contributed by atoms with Gasteiger partial charge in [-0.3, -0.25) is 0 Å². The van der Waals surface area contributed by atoms with E-state index >= 15 is 0 Å². The number of hydrogen-bond acceptors (Lipinski definition) is 5. The van der Waals surface area contributed by atoms with Crippen molar-refractivity contribution in [2.24, 2.45) is 0 Å². The third kappa shape index (κ3) is 1.53. The van der Waals surface area contributed by atoms with Crippen LogP contribution in [0.2, 0.25) is 0 Å². The number of hydrogen-bond donors (Lipinski definition) is 3. The van der Waals surface area contributed by atoms with Crippen LogP contribution in [0.3, 0.4) is 0 Å². The average molecular weight is 252 g/mol. The molecule has 0 saturated carbocycles. The van der Waals surface area contributed by atoms with E-state index in [1.165, 1.54) is 17.6 Å². The van der Waals surface area contributed by atoms with Crippen molar-refractivity contribution in [2.75, 3.05) is 17.6 Å². The number of nitrogens with zero attached hydrogens (tertiary/aromatic N) is 3. The fourth-order valence-corrected chi connectivity index (χ4v) is 2.42. The molecule has 2 aromatic heterocycles. The van der Waals surface area contributed by atoms with E-state index in [9.17, 15) is 0 Å². The predicted octanol–water partition coefficient (Wildman–Crippen LogP) is 1.57. The Labute approximate surface area is 109 Å². The summed E-state index contributed by atoms with van der Waals surface area (Å²) in [5.74, 6) is 1.18. The molecule has 3 heterocycles. The van der Waals surface area contributed by atoms with Crippen molar-refractivity contribution in [3.05, 3.63) is 30.1 Å². The minimum Gasteiger partial charge on any atom is -0.384 e. The number of nitrogen functional groups attached to an aromatic ring is 1. The molecule has 1 aromatic carbocycles. The Hall–Kier alpha value is -2.63. The number of rotatable bonds is 1. The summed E-state index contributed by atoms with van der Waals surface area (Å²) in [7, 11) is 0. The van der Waals surface area contributed by atoms with Gasteiger partial charge in [0.1, 0.15) is 17.7 Å². The summed E-state index contributed by atoms with van der Waals surface area (Å²) in [6.07, 6.45) is 2.50. The second kappa shape index (κ2) is 3.68. The maximum atomic E-state index is 5.80.